The van der Waals surface area contributed by atoms with E-state index in [1.807, 2.05) is 6.07 Å². The van der Waals surface area contributed by atoms with Gasteiger partial charge in [-0.15, -0.1) is 0 Å². The number of aryl methyl sites for hydroxylation is 3. The summed E-state index contributed by atoms with van der Waals surface area (Å²) >= 11 is 0. The van der Waals surface area contributed by atoms with Gasteiger partial charge < -0.3 is 9.84 Å². The van der Waals surface area contributed by atoms with Crippen LogP contribution in [0.3, 0.4) is 0 Å². The van der Waals surface area contributed by atoms with Crippen LogP contribution >= 0.6 is 0 Å². The summed E-state index contributed by atoms with van der Waals surface area (Å²) in [6.07, 6.45) is 4.72. The fourth-order valence-electron chi connectivity index (χ4n) is 4.11. The van der Waals surface area contributed by atoms with Gasteiger partial charge in [0.05, 0.1) is 24.6 Å². The maximum Gasteiger partial charge on any atom is 0.124 e. The molecule has 5 heteroatoms. The maximum absolute atomic E-state index is 9.34. The standard InChI is InChI=1S/C20H27N3O2/c1-2-25-20-10-16-6-3-5-15(16)9-17(20)12-22-7-4-8-23-19(13-22)11-18(14-24)21-23/h9-11,24H,2-8,12-14H2,1H3. The van der Waals surface area contributed by atoms with Gasteiger partial charge in [0.1, 0.15) is 5.75 Å². The summed E-state index contributed by atoms with van der Waals surface area (Å²) in [7, 11) is 0. The lowest BCUT2D eigenvalue weighted by atomic mass is 10.0. The Morgan fingerprint density at radius 3 is 2.76 bits per heavy atom. The van der Waals surface area contributed by atoms with Crippen molar-refractivity contribution in [1.82, 2.24) is 14.7 Å². The van der Waals surface area contributed by atoms with Gasteiger partial charge in [-0.05, 0) is 55.9 Å². The third-order valence-corrected chi connectivity index (χ3v) is 5.27. The van der Waals surface area contributed by atoms with Gasteiger partial charge in [-0.1, -0.05) is 6.07 Å². The highest BCUT2D eigenvalue weighted by molar-refractivity contribution is 5.45. The fraction of sp³-hybridized carbons (Fsp3) is 0.550. The van der Waals surface area contributed by atoms with Crippen molar-refractivity contribution in [1.29, 1.82) is 0 Å². The minimum atomic E-state index is 0.0132. The lowest BCUT2D eigenvalue weighted by Crippen LogP contribution is -2.23. The second-order valence-corrected chi connectivity index (χ2v) is 7.09. The smallest absolute Gasteiger partial charge is 0.124 e. The lowest BCUT2D eigenvalue weighted by molar-refractivity contribution is 0.252. The van der Waals surface area contributed by atoms with E-state index in [-0.39, 0.29) is 6.61 Å². The normalized spacial score (nSPS) is 17.2. The van der Waals surface area contributed by atoms with E-state index in [0.29, 0.717) is 6.61 Å². The number of rotatable bonds is 5. The lowest BCUT2D eigenvalue weighted by Gasteiger charge is -2.22. The number of aliphatic hydroxyl groups excluding tert-OH is 1. The van der Waals surface area contributed by atoms with E-state index < -0.39 is 0 Å². The second kappa shape index (κ2) is 7.18. The van der Waals surface area contributed by atoms with Gasteiger partial charge in [-0.25, -0.2) is 0 Å². The molecule has 0 saturated heterocycles. The maximum atomic E-state index is 9.34. The summed E-state index contributed by atoms with van der Waals surface area (Å²) in [6, 6.07) is 6.67. The number of ether oxygens (including phenoxy) is 1. The third kappa shape index (κ3) is 3.44. The predicted octanol–water partition coefficient (Wildman–Crippen LogP) is 2.67. The number of hydrogen-bond acceptors (Lipinski definition) is 4. The Bertz CT molecular complexity index is 754. The van der Waals surface area contributed by atoms with Crippen LogP contribution in [0, 0.1) is 0 Å². The van der Waals surface area contributed by atoms with Crippen LogP contribution in [0.2, 0.25) is 0 Å². The van der Waals surface area contributed by atoms with Crippen LogP contribution < -0.4 is 4.74 Å². The second-order valence-electron chi connectivity index (χ2n) is 7.09. The molecule has 0 radical (unpaired) electrons. The minimum absolute atomic E-state index is 0.0132. The molecular weight excluding hydrogens is 314 g/mol. The van der Waals surface area contributed by atoms with Crippen molar-refractivity contribution in [3.05, 3.63) is 46.3 Å². The molecule has 1 N–H and O–H groups in total. The van der Waals surface area contributed by atoms with Crippen LogP contribution in [-0.4, -0.2) is 32.9 Å². The van der Waals surface area contributed by atoms with Gasteiger partial charge in [0.25, 0.3) is 0 Å². The summed E-state index contributed by atoms with van der Waals surface area (Å²) in [5.74, 6) is 1.05. The molecule has 0 amide bonds. The van der Waals surface area contributed by atoms with Crippen LogP contribution in [-0.2, 0) is 39.1 Å². The van der Waals surface area contributed by atoms with Crippen molar-refractivity contribution in [2.75, 3.05) is 13.2 Å². The van der Waals surface area contributed by atoms with Gasteiger partial charge >= 0.3 is 0 Å². The molecule has 0 fully saturated rings. The monoisotopic (exact) mass is 341 g/mol. The molecule has 1 aromatic heterocycles. The Labute approximate surface area is 149 Å². The molecule has 0 saturated carbocycles. The Morgan fingerprint density at radius 2 is 1.96 bits per heavy atom. The Kier molecular flexibility index (Phi) is 4.77. The van der Waals surface area contributed by atoms with E-state index in [1.165, 1.54) is 41.6 Å². The first kappa shape index (κ1) is 16.6. The van der Waals surface area contributed by atoms with Gasteiger partial charge in [0.15, 0.2) is 0 Å². The summed E-state index contributed by atoms with van der Waals surface area (Å²) in [6.45, 7) is 6.53. The van der Waals surface area contributed by atoms with Crippen molar-refractivity contribution in [3.63, 3.8) is 0 Å². The molecule has 0 bridgehead atoms. The highest BCUT2D eigenvalue weighted by Gasteiger charge is 2.20. The zero-order valence-corrected chi connectivity index (χ0v) is 15.0. The van der Waals surface area contributed by atoms with E-state index >= 15 is 0 Å². The van der Waals surface area contributed by atoms with Crippen LogP contribution in [0.1, 0.15) is 47.8 Å². The van der Waals surface area contributed by atoms with E-state index in [9.17, 15) is 5.11 Å². The highest BCUT2D eigenvalue weighted by atomic mass is 16.5. The molecular formula is C20H27N3O2. The molecule has 2 aromatic rings. The Morgan fingerprint density at radius 1 is 1.12 bits per heavy atom. The third-order valence-electron chi connectivity index (χ3n) is 5.27. The van der Waals surface area contributed by atoms with Gasteiger partial charge in [0, 0.05) is 31.7 Å². The van der Waals surface area contributed by atoms with Crippen LogP contribution in [0.4, 0.5) is 0 Å². The molecule has 134 valence electrons. The first-order valence-corrected chi connectivity index (χ1v) is 9.43. The SMILES string of the molecule is CCOc1cc2c(cc1CN1CCCn3nc(CO)cc3C1)CCC2. The first-order chi connectivity index (χ1) is 12.3. The van der Waals surface area contributed by atoms with Crippen molar-refractivity contribution in [2.45, 2.75) is 58.8 Å². The average molecular weight is 341 g/mol. The molecule has 5 nitrogen and oxygen atoms in total. The van der Waals surface area contributed by atoms with Crippen molar-refractivity contribution < 1.29 is 9.84 Å². The van der Waals surface area contributed by atoms with Crippen molar-refractivity contribution in [3.8, 4) is 5.75 Å². The minimum Gasteiger partial charge on any atom is -0.494 e. The molecule has 0 atom stereocenters. The number of nitrogens with zero attached hydrogens (tertiary/aromatic N) is 3. The number of hydrogen-bond donors (Lipinski definition) is 1. The molecule has 1 aliphatic carbocycles. The molecule has 2 aliphatic rings. The molecule has 4 rings (SSSR count). The molecule has 0 unspecified atom stereocenters. The molecule has 2 heterocycles. The highest BCUT2D eigenvalue weighted by Crippen LogP contribution is 2.31. The number of aromatic nitrogens is 2. The zero-order chi connectivity index (χ0) is 17.2. The zero-order valence-electron chi connectivity index (χ0n) is 15.0. The fourth-order valence-corrected chi connectivity index (χ4v) is 4.11. The van der Waals surface area contributed by atoms with Crippen LogP contribution in [0.5, 0.6) is 5.75 Å². The van der Waals surface area contributed by atoms with Crippen molar-refractivity contribution in [2.24, 2.45) is 0 Å². The predicted molar refractivity (Wildman–Crippen MR) is 96.5 cm³/mol. The molecule has 1 aliphatic heterocycles. The topological polar surface area (TPSA) is 50.5 Å². The first-order valence-electron chi connectivity index (χ1n) is 9.43. The summed E-state index contributed by atoms with van der Waals surface area (Å²) in [5.41, 5.74) is 6.23. The molecule has 25 heavy (non-hydrogen) atoms. The summed E-state index contributed by atoms with van der Waals surface area (Å²) < 4.78 is 8.00. The summed E-state index contributed by atoms with van der Waals surface area (Å²) in [4.78, 5) is 2.47. The van der Waals surface area contributed by atoms with E-state index in [0.717, 1.165) is 44.0 Å². The van der Waals surface area contributed by atoms with Crippen molar-refractivity contribution >= 4 is 0 Å². The average Bonchev–Trinajstić information content (AvgIpc) is 3.17. The number of benzene rings is 1. The molecule has 1 aromatic carbocycles. The van der Waals surface area contributed by atoms with E-state index in [2.05, 4.69) is 33.7 Å². The number of aliphatic hydroxyl groups is 1. The quantitative estimate of drug-likeness (QED) is 0.908. The van der Waals surface area contributed by atoms with Gasteiger partial charge in [-0.3, -0.25) is 9.58 Å². The largest absolute Gasteiger partial charge is 0.494 e. The van der Waals surface area contributed by atoms with Gasteiger partial charge in [0.2, 0.25) is 0 Å². The Hall–Kier alpha value is -1.85. The van der Waals surface area contributed by atoms with Crippen LogP contribution in [0.15, 0.2) is 18.2 Å². The van der Waals surface area contributed by atoms with Gasteiger partial charge in [-0.2, -0.15) is 5.10 Å². The van der Waals surface area contributed by atoms with E-state index in [1.54, 1.807) is 0 Å². The van der Waals surface area contributed by atoms with E-state index in [4.69, 9.17) is 4.74 Å². The molecule has 0 spiro atoms. The Balaban J connectivity index is 1.57. The summed E-state index contributed by atoms with van der Waals surface area (Å²) in [5, 5.41) is 13.8. The number of fused-ring (bicyclic) bond motifs is 2. The van der Waals surface area contributed by atoms with Crippen LogP contribution in [0.25, 0.3) is 0 Å².